The maximum absolute atomic E-state index is 2.48. The zero-order chi connectivity index (χ0) is 45.7. The van der Waals surface area contributed by atoms with Gasteiger partial charge in [0, 0.05) is 33.5 Å². The van der Waals surface area contributed by atoms with Crippen molar-refractivity contribution in [1.29, 1.82) is 0 Å². The predicted molar refractivity (Wildman–Crippen MR) is 289 cm³/mol. The van der Waals surface area contributed by atoms with Gasteiger partial charge in [0.2, 0.25) is 0 Å². The molecule has 1 aliphatic rings. The largest absolute Gasteiger partial charge is 0.310 e. The van der Waals surface area contributed by atoms with Gasteiger partial charge in [0.1, 0.15) is 0 Å². The molecule has 11 aromatic carbocycles. The number of nitrogens with zero attached hydrogens (tertiary/aromatic N) is 2. The summed E-state index contributed by atoms with van der Waals surface area (Å²) in [6.45, 7) is 0. The van der Waals surface area contributed by atoms with E-state index in [4.69, 9.17) is 0 Å². The van der Waals surface area contributed by atoms with Crippen molar-refractivity contribution in [2.45, 2.75) is 5.41 Å². The van der Waals surface area contributed by atoms with E-state index in [9.17, 15) is 0 Å². The monoisotopic (exact) mass is 878 g/mol. The molecule has 0 amide bonds. The Balaban J connectivity index is 0.922. The van der Waals surface area contributed by atoms with Crippen molar-refractivity contribution in [3.05, 3.63) is 301 Å². The highest BCUT2D eigenvalue weighted by molar-refractivity contribution is 6.10. The zero-order valence-corrected chi connectivity index (χ0v) is 38.0. The van der Waals surface area contributed by atoms with Gasteiger partial charge in [-0.25, -0.2) is 0 Å². The highest BCUT2D eigenvalue weighted by atomic mass is 15.1. The van der Waals surface area contributed by atoms with Gasteiger partial charge in [-0.1, -0.05) is 212 Å². The Morgan fingerprint density at radius 1 is 0.275 bits per heavy atom. The third-order valence-electron chi connectivity index (χ3n) is 14.3. The van der Waals surface area contributed by atoms with Gasteiger partial charge < -0.3 is 9.47 Å². The summed E-state index contributed by atoms with van der Waals surface area (Å²) < 4.78 is 2.48. The van der Waals surface area contributed by atoms with E-state index in [0.717, 1.165) is 28.3 Å². The molecule has 0 atom stereocenters. The van der Waals surface area contributed by atoms with Gasteiger partial charge in [-0.3, -0.25) is 0 Å². The van der Waals surface area contributed by atoms with Crippen LogP contribution < -0.4 is 4.90 Å². The van der Waals surface area contributed by atoms with E-state index in [2.05, 4.69) is 289 Å². The summed E-state index contributed by atoms with van der Waals surface area (Å²) in [6, 6.07) is 102. The first-order valence-electron chi connectivity index (χ1n) is 23.8. The van der Waals surface area contributed by atoms with Crippen LogP contribution in [0, 0.1) is 0 Å². The highest BCUT2D eigenvalue weighted by Crippen LogP contribution is 2.56. The van der Waals surface area contributed by atoms with Gasteiger partial charge in [0.25, 0.3) is 0 Å². The van der Waals surface area contributed by atoms with Crippen molar-refractivity contribution in [2.24, 2.45) is 0 Å². The minimum absolute atomic E-state index is 0.489. The quantitative estimate of drug-likeness (QED) is 0.140. The second kappa shape index (κ2) is 16.7. The highest BCUT2D eigenvalue weighted by Gasteiger charge is 2.46. The van der Waals surface area contributed by atoms with Crippen LogP contribution in [0.4, 0.5) is 17.1 Å². The van der Waals surface area contributed by atoms with E-state index in [1.165, 1.54) is 83.0 Å². The molecule has 69 heavy (non-hydrogen) atoms. The van der Waals surface area contributed by atoms with Crippen molar-refractivity contribution in [3.63, 3.8) is 0 Å². The maximum atomic E-state index is 2.48. The summed E-state index contributed by atoms with van der Waals surface area (Å²) in [5, 5.41) is 2.47. The minimum atomic E-state index is -0.489. The molecule has 0 N–H and O–H groups in total. The smallest absolute Gasteiger partial charge is 0.0714 e. The van der Waals surface area contributed by atoms with Crippen molar-refractivity contribution in [3.8, 4) is 50.2 Å². The number of fused-ring (bicyclic) bond motifs is 6. The number of rotatable bonds is 9. The molecule has 0 saturated carbocycles. The average Bonchev–Trinajstić information content (AvgIpc) is 3.92. The SMILES string of the molecule is c1ccc(-c2ccc(N(c3ccccc3)c3cccc(-c4cccc(-c5ccc6c7ccccc7n(-c7ccc8c(c7)C(c7ccccc7)(c7ccccc7)c7ccccc7-8)c6c5)c4)c3)cc2)cc1. The second-order valence-electron chi connectivity index (χ2n) is 18.1. The van der Waals surface area contributed by atoms with Crippen LogP contribution >= 0.6 is 0 Å². The summed E-state index contributed by atoms with van der Waals surface area (Å²) in [7, 11) is 0. The topological polar surface area (TPSA) is 8.17 Å². The van der Waals surface area contributed by atoms with Crippen molar-refractivity contribution in [2.75, 3.05) is 4.90 Å². The van der Waals surface area contributed by atoms with Crippen LogP contribution in [0.5, 0.6) is 0 Å². The molecule has 0 unspecified atom stereocenters. The van der Waals surface area contributed by atoms with Crippen molar-refractivity contribution in [1.82, 2.24) is 4.57 Å². The normalized spacial score (nSPS) is 12.5. The number of hydrogen-bond acceptors (Lipinski definition) is 1. The third kappa shape index (κ3) is 6.72. The van der Waals surface area contributed by atoms with Gasteiger partial charge >= 0.3 is 0 Å². The van der Waals surface area contributed by atoms with E-state index in [-0.39, 0.29) is 0 Å². The van der Waals surface area contributed by atoms with Gasteiger partial charge in [-0.15, -0.1) is 0 Å². The van der Waals surface area contributed by atoms with E-state index in [1.807, 2.05) is 0 Å². The Labute approximate surface area is 403 Å². The molecule has 2 nitrogen and oxygen atoms in total. The van der Waals surface area contributed by atoms with Crippen molar-refractivity contribution >= 4 is 38.9 Å². The third-order valence-corrected chi connectivity index (χ3v) is 14.3. The molecule has 1 aromatic heterocycles. The van der Waals surface area contributed by atoms with Crippen molar-refractivity contribution < 1.29 is 0 Å². The number of aromatic nitrogens is 1. The Morgan fingerprint density at radius 3 is 1.49 bits per heavy atom. The Morgan fingerprint density at radius 2 is 0.768 bits per heavy atom. The van der Waals surface area contributed by atoms with E-state index < -0.39 is 5.41 Å². The maximum Gasteiger partial charge on any atom is 0.0714 e. The summed E-state index contributed by atoms with van der Waals surface area (Å²) in [5.74, 6) is 0. The second-order valence-corrected chi connectivity index (χ2v) is 18.1. The molecule has 1 heterocycles. The molecule has 0 saturated heterocycles. The molecule has 2 heteroatoms. The lowest BCUT2D eigenvalue weighted by molar-refractivity contribution is 0.767. The summed E-state index contributed by atoms with van der Waals surface area (Å²) >= 11 is 0. The fourth-order valence-corrected chi connectivity index (χ4v) is 11.2. The van der Waals surface area contributed by atoms with Crippen LogP contribution in [0.25, 0.3) is 72.0 Å². The summed E-state index contributed by atoms with van der Waals surface area (Å²) in [4.78, 5) is 2.34. The standard InChI is InChI=1S/C67H46N2/c1-5-19-47(20-6-1)48-35-38-56(39-36-48)68(55-28-11-4-12-29-55)57-30-18-23-51(44-57)49-21-17-22-50(43-49)52-37-41-62-61-32-14-16-34-65(61)69(66(62)45-52)58-40-42-60-59-31-13-15-33-63(59)67(64(60)46-58,53-24-7-2-8-25-53)54-26-9-3-10-27-54/h1-46H. The number of anilines is 3. The number of benzene rings is 11. The molecule has 12 aromatic rings. The first-order valence-corrected chi connectivity index (χ1v) is 23.8. The van der Waals surface area contributed by atoms with Crippen LogP contribution in [-0.2, 0) is 5.41 Å². The first-order chi connectivity index (χ1) is 34.2. The first kappa shape index (κ1) is 40.3. The molecule has 1 aliphatic carbocycles. The fourth-order valence-electron chi connectivity index (χ4n) is 11.2. The minimum Gasteiger partial charge on any atom is -0.310 e. The molecule has 0 radical (unpaired) electrons. The lowest BCUT2D eigenvalue weighted by Crippen LogP contribution is -2.28. The van der Waals surface area contributed by atoms with Crippen LogP contribution in [-0.4, -0.2) is 4.57 Å². The Hall–Kier alpha value is -8.98. The van der Waals surface area contributed by atoms with Gasteiger partial charge in [0.05, 0.1) is 16.4 Å². The average molecular weight is 879 g/mol. The molecule has 0 aliphatic heterocycles. The summed E-state index contributed by atoms with van der Waals surface area (Å²) in [5.41, 5.74) is 21.1. The molecule has 0 fully saturated rings. The van der Waals surface area contributed by atoms with Gasteiger partial charge in [0.15, 0.2) is 0 Å². The van der Waals surface area contributed by atoms with Gasteiger partial charge in [-0.2, -0.15) is 0 Å². The van der Waals surface area contributed by atoms with Crippen LogP contribution in [0.3, 0.4) is 0 Å². The predicted octanol–water partition coefficient (Wildman–Crippen LogP) is 17.6. The van der Waals surface area contributed by atoms with E-state index in [1.54, 1.807) is 0 Å². The lowest BCUT2D eigenvalue weighted by atomic mass is 9.67. The lowest BCUT2D eigenvalue weighted by Gasteiger charge is -2.34. The zero-order valence-electron chi connectivity index (χ0n) is 38.0. The molecular weight excluding hydrogens is 833 g/mol. The van der Waals surface area contributed by atoms with E-state index in [0.29, 0.717) is 0 Å². The molecule has 324 valence electrons. The number of hydrogen-bond donors (Lipinski definition) is 0. The van der Waals surface area contributed by atoms with E-state index >= 15 is 0 Å². The number of para-hydroxylation sites is 2. The Bertz CT molecular complexity index is 3780. The molecule has 13 rings (SSSR count). The molecule has 0 bridgehead atoms. The van der Waals surface area contributed by atoms with Crippen LogP contribution in [0.1, 0.15) is 22.3 Å². The molecule has 0 spiro atoms. The Kier molecular flexibility index (Phi) is 9.77. The van der Waals surface area contributed by atoms with Crippen LogP contribution in [0.2, 0.25) is 0 Å². The molecular formula is C67H46N2. The van der Waals surface area contributed by atoms with Crippen LogP contribution in [0.15, 0.2) is 279 Å². The fraction of sp³-hybridized carbons (Fsp3) is 0.0149. The summed E-state index contributed by atoms with van der Waals surface area (Å²) in [6.07, 6.45) is 0. The van der Waals surface area contributed by atoms with Gasteiger partial charge in [-0.05, 0) is 133 Å².